The number of amides is 1. The Morgan fingerprint density at radius 3 is 2.69 bits per heavy atom. The quantitative estimate of drug-likeness (QED) is 0.800. The van der Waals surface area contributed by atoms with Crippen LogP contribution in [0.1, 0.15) is 18.4 Å². The zero-order valence-corrected chi connectivity index (χ0v) is 10.5. The second-order valence-electron chi connectivity index (χ2n) is 3.40. The van der Waals surface area contributed by atoms with Crippen LogP contribution in [0.2, 0.25) is 10.0 Å². The van der Waals surface area contributed by atoms with Crippen molar-refractivity contribution >= 4 is 29.1 Å². The molecule has 0 spiro atoms. The Bertz CT molecular complexity index is 369. The van der Waals surface area contributed by atoms with Gasteiger partial charge in [0.25, 0.3) is 0 Å². The number of halogens is 2. The standard InChI is InChI=1S/C11H14Cl2N2O/c1-14-15-11(16)4-2-3-8-5-6-9(12)10(13)7-8/h5-7,14H,2-4H2,1H3,(H,15,16). The fraction of sp³-hybridized carbons (Fsp3) is 0.364. The van der Waals surface area contributed by atoms with Gasteiger partial charge in [-0.15, -0.1) is 0 Å². The highest BCUT2D eigenvalue weighted by molar-refractivity contribution is 6.42. The third-order valence-electron chi connectivity index (χ3n) is 2.12. The molecule has 0 aliphatic rings. The Hall–Kier alpha value is -0.770. The summed E-state index contributed by atoms with van der Waals surface area (Å²) >= 11 is 11.7. The van der Waals surface area contributed by atoms with Crippen LogP contribution in [0.5, 0.6) is 0 Å². The lowest BCUT2D eigenvalue weighted by Gasteiger charge is -2.04. The van der Waals surface area contributed by atoms with Gasteiger partial charge in [-0.25, -0.2) is 5.43 Å². The molecule has 0 bridgehead atoms. The summed E-state index contributed by atoms with van der Waals surface area (Å²) in [5.41, 5.74) is 6.20. The first-order valence-electron chi connectivity index (χ1n) is 5.03. The molecular weight excluding hydrogens is 247 g/mol. The van der Waals surface area contributed by atoms with Crippen molar-refractivity contribution in [1.29, 1.82) is 0 Å². The molecule has 1 aromatic rings. The lowest BCUT2D eigenvalue weighted by atomic mass is 10.1. The van der Waals surface area contributed by atoms with E-state index in [9.17, 15) is 4.79 Å². The molecule has 16 heavy (non-hydrogen) atoms. The van der Waals surface area contributed by atoms with Gasteiger partial charge in [0.1, 0.15) is 0 Å². The molecule has 0 heterocycles. The van der Waals surface area contributed by atoms with E-state index in [0.29, 0.717) is 16.5 Å². The summed E-state index contributed by atoms with van der Waals surface area (Å²) in [5.74, 6) is -0.0115. The fourth-order valence-corrected chi connectivity index (χ4v) is 1.67. The van der Waals surface area contributed by atoms with Crippen molar-refractivity contribution < 1.29 is 4.79 Å². The summed E-state index contributed by atoms with van der Waals surface area (Å²) in [5, 5.41) is 1.11. The molecule has 2 N–H and O–H groups in total. The number of carbonyl (C=O) groups is 1. The fourth-order valence-electron chi connectivity index (χ4n) is 1.35. The highest BCUT2D eigenvalue weighted by Gasteiger charge is 2.02. The first kappa shape index (κ1) is 13.3. The van der Waals surface area contributed by atoms with Crippen molar-refractivity contribution in [1.82, 2.24) is 10.9 Å². The smallest absolute Gasteiger partial charge is 0.234 e. The van der Waals surface area contributed by atoms with E-state index < -0.39 is 0 Å². The lowest BCUT2D eigenvalue weighted by molar-refractivity contribution is -0.122. The van der Waals surface area contributed by atoms with E-state index in [1.807, 2.05) is 12.1 Å². The molecule has 0 aromatic heterocycles. The number of rotatable bonds is 5. The Labute approximate surface area is 105 Å². The van der Waals surface area contributed by atoms with E-state index in [1.165, 1.54) is 0 Å². The van der Waals surface area contributed by atoms with Crippen LogP contribution in [0.3, 0.4) is 0 Å². The van der Waals surface area contributed by atoms with Crippen molar-refractivity contribution in [3.8, 4) is 0 Å². The van der Waals surface area contributed by atoms with E-state index >= 15 is 0 Å². The van der Waals surface area contributed by atoms with Crippen molar-refractivity contribution in [2.24, 2.45) is 0 Å². The third-order valence-corrected chi connectivity index (χ3v) is 2.86. The van der Waals surface area contributed by atoms with E-state index in [0.717, 1.165) is 18.4 Å². The molecule has 0 atom stereocenters. The van der Waals surface area contributed by atoms with Crippen LogP contribution < -0.4 is 10.9 Å². The van der Waals surface area contributed by atoms with Crippen molar-refractivity contribution in [2.75, 3.05) is 7.05 Å². The van der Waals surface area contributed by atoms with Crippen LogP contribution in [0.15, 0.2) is 18.2 Å². The number of hydrogen-bond acceptors (Lipinski definition) is 2. The highest BCUT2D eigenvalue weighted by Crippen LogP contribution is 2.23. The van der Waals surface area contributed by atoms with Crippen molar-refractivity contribution in [3.05, 3.63) is 33.8 Å². The van der Waals surface area contributed by atoms with Crippen LogP contribution in [0.25, 0.3) is 0 Å². The minimum absolute atomic E-state index is 0.0115. The average molecular weight is 261 g/mol. The Kier molecular flexibility index (Phi) is 5.60. The van der Waals surface area contributed by atoms with Gasteiger partial charge in [0.2, 0.25) is 5.91 Å². The number of benzene rings is 1. The van der Waals surface area contributed by atoms with E-state index in [-0.39, 0.29) is 5.91 Å². The molecule has 5 heteroatoms. The van der Waals surface area contributed by atoms with Gasteiger partial charge in [-0.05, 0) is 30.5 Å². The van der Waals surface area contributed by atoms with Gasteiger partial charge in [-0.3, -0.25) is 10.2 Å². The summed E-state index contributed by atoms with van der Waals surface area (Å²) in [6, 6.07) is 5.52. The number of hydrazine groups is 1. The molecule has 3 nitrogen and oxygen atoms in total. The number of carbonyl (C=O) groups excluding carboxylic acids is 1. The number of nitrogens with one attached hydrogen (secondary N) is 2. The maximum atomic E-state index is 11.1. The zero-order chi connectivity index (χ0) is 12.0. The molecule has 1 rings (SSSR count). The Morgan fingerprint density at radius 2 is 2.06 bits per heavy atom. The lowest BCUT2D eigenvalue weighted by Crippen LogP contribution is -2.33. The van der Waals surface area contributed by atoms with Crippen LogP contribution in [0, 0.1) is 0 Å². The van der Waals surface area contributed by atoms with Crippen LogP contribution in [0.4, 0.5) is 0 Å². The third kappa shape index (κ3) is 4.39. The normalized spacial score (nSPS) is 10.2. The molecule has 1 amide bonds. The minimum atomic E-state index is -0.0115. The van der Waals surface area contributed by atoms with Gasteiger partial charge in [0.15, 0.2) is 0 Å². The molecule has 0 unspecified atom stereocenters. The van der Waals surface area contributed by atoms with E-state index in [2.05, 4.69) is 10.9 Å². The zero-order valence-electron chi connectivity index (χ0n) is 9.02. The summed E-state index contributed by atoms with van der Waals surface area (Å²) in [6.45, 7) is 0. The SMILES string of the molecule is CNNC(=O)CCCc1ccc(Cl)c(Cl)c1. The van der Waals surface area contributed by atoms with E-state index in [4.69, 9.17) is 23.2 Å². The summed E-state index contributed by atoms with van der Waals surface area (Å²) in [4.78, 5) is 11.1. The molecule has 0 radical (unpaired) electrons. The maximum absolute atomic E-state index is 11.1. The summed E-state index contributed by atoms with van der Waals surface area (Å²) in [6.07, 6.45) is 2.08. The predicted octanol–water partition coefficient (Wildman–Crippen LogP) is 2.57. The van der Waals surface area contributed by atoms with Gasteiger partial charge in [-0.2, -0.15) is 0 Å². The molecule has 0 fully saturated rings. The second kappa shape index (κ2) is 6.74. The maximum Gasteiger partial charge on any atom is 0.234 e. The second-order valence-corrected chi connectivity index (χ2v) is 4.21. The molecule has 0 aliphatic carbocycles. The Morgan fingerprint density at radius 1 is 1.31 bits per heavy atom. The molecular formula is C11H14Cl2N2O. The topological polar surface area (TPSA) is 41.1 Å². The predicted molar refractivity (Wildman–Crippen MR) is 66.6 cm³/mol. The number of aryl methyl sites for hydroxylation is 1. The van der Waals surface area contributed by atoms with Crippen molar-refractivity contribution in [2.45, 2.75) is 19.3 Å². The molecule has 88 valence electrons. The minimum Gasteiger partial charge on any atom is -0.292 e. The van der Waals surface area contributed by atoms with Gasteiger partial charge in [-0.1, -0.05) is 29.3 Å². The largest absolute Gasteiger partial charge is 0.292 e. The number of hydrogen-bond donors (Lipinski definition) is 2. The van der Waals surface area contributed by atoms with Gasteiger partial charge >= 0.3 is 0 Å². The molecule has 0 saturated heterocycles. The van der Waals surface area contributed by atoms with Crippen molar-refractivity contribution in [3.63, 3.8) is 0 Å². The van der Waals surface area contributed by atoms with Gasteiger partial charge < -0.3 is 0 Å². The first-order chi connectivity index (χ1) is 7.63. The average Bonchev–Trinajstić information content (AvgIpc) is 2.24. The highest BCUT2D eigenvalue weighted by atomic mass is 35.5. The molecule has 1 aromatic carbocycles. The molecule has 0 aliphatic heterocycles. The Balaban J connectivity index is 2.37. The van der Waals surface area contributed by atoms with Crippen LogP contribution in [-0.4, -0.2) is 13.0 Å². The summed E-state index contributed by atoms with van der Waals surface area (Å²) < 4.78 is 0. The monoisotopic (exact) mass is 260 g/mol. The summed E-state index contributed by atoms with van der Waals surface area (Å²) in [7, 11) is 1.66. The van der Waals surface area contributed by atoms with Crippen LogP contribution in [-0.2, 0) is 11.2 Å². The first-order valence-corrected chi connectivity index (χ1v) is 5.78. The van der Waals surface area contributed by atoms with E-state index in [1.54, 1.807) is 13.1 Å². The van der Waals surface area contributed by atoms with Crippen LogP contribution >= 0.6 is 23.2 Å². The molecule has 0 saturated carbocycles. The van der Waals surface area contributed by atoms with Gasteiger partial charge in [0.05, 0.1) is 10.0 Å². The van der Waals surface area contributed by atoms with Gasteiger partial charge in [0, 0.05) is 13.5 Å².